The third kappa shape index (κ3) is 3.24. The minimum Gasteiger partial charge on any atom is -0.422 e. The Bertz CT molecular complexity index is 665. The molecule has 2 nitrogen and oxygen atoms in total. The molecule has 0 unspecified atom stereocenters. The molecule has 0 aliphatic carbocycles. The number of carbonyl (C=O) groups is 1. The molecule has 2 aromatic rings. The summed E-state index contributed by atoms with van der Waals surface area (Å²) in [6, 6.07) is 14.0. The van der Waals surface area contributed by atoms with Crippen molar-refractivity contribution in [1.82, 2.24) is 0 Å². The topological polar surface area (TPSA) is 26.3 Å². The number of esters is 1. The third-order valence-electron chi connectivity index (χ3n) is 2.76. The van der Waals surface area contributed by atoms with Gasteiger partial charge in [-0.2, -0.15) is 22.0 Å². The Labute approximate surface area is 122 Å². The number of rotatable bonds is 3. The zero-order valence-electron chi connectivity index (χ0n) is 10.9. The van der Waals surface area contributed by atoms with Crippen LogP contribution in [-0.4, -0.2) is 18.1 Å². The van der Waals surface area contributed by atoms with Crippen molar-refractivity contribution in [3.05, 3.63) is 54.6 Å². The second-order valence-electron chi connectivity index (χ2n) is 4.36. The minimum atomic E-state index is -6.00. The normalized spacial score (nSPS) is 12.0. The van der Waals surface area contributed by atoms with Gasteiger partial charge in [-0.25, -0.2) is 4.79 Å². The van der Waals surface area contributed by atoms with Gasteiger partial charge >= 0.3 is 18.1 Å². The number of hydrogen-bond donors (Lipinski definition) is 0. The summed E-state index contributed by atoms with van der Waals surface area (Å²) >= 11 is 0. The number of alkyl halides is 5. The molecule has 0 radical (unpaired) electrons. The Kier molecular flexibility index (Phi) is 4.16. The molecule has 0 aliphatic rings. The molecular formula is C15H9F5O2. The third-order valence-corrected chi connectivity index (χ3v) is 2.76. The van der Waals surface area contributed by atoms with Crippen LogP contribution < -0.4 is 4.74 Å². The highest BCUT2D eigenvalue weighted by atomic mass is 19.4. The fraction of sp³-hybridized carbons (Fsp3) is 0.133. The van der Waals surface area contributed by atoms with Crippen LogP contribution in [0.5, 0.6) is 5.75 Å². The molecule has 116 valence electrons. The lowest BCUT2D eigenvalue weighted by Crippen LogP contribution is -2.46. The zero-order valence-corrected chi connectivity index (χ0v) is 10.9. The fourth-order valence-corrected chi connectivity index (χ4v) is 1.66. The predicted octanol–water partition coefficient (Wildman–Crippen LogP) is 4.46. The van der Waals surface area contributed by atoms with Gasteiger partial charge in [0.25, 0.3) is 0 Å². The first-order valence-electron chi connectivity index (χ1n) is 6.04. The Morgan fingerprint density at radius 1 is 0.818 bits per heavy atom. The minimum absolute atomic E-state index is 0.393. The van der Waals surface area contributed by atoms with E-state index in [0.717, 1.165) is 6.07 Å². The highest BCUT2D eigenvalue weighted by Crippen LogP contribution is 2.37. The van der Waals surface area contributed by atoms with E-state index in [1.54, 1.807) is 36.4 Å². The van der Waals surface area contributed by atoms with Crippen LogP contribution in [0.25, 0.3) is 11.1 Å². The van der Waals surface area contributed by atoms with Crippen LogP contribution in [0.4, 0.5) is 22.0 Å². The second-order valence-corrected chi connectivity index (χ2v) is 4.36. The summed E-state index contributed by atoms with van der Waals surface area (Å²) in [5.41, 5.74) is 1.21. The SMILES string of the molecule is O=C(Oc1cccc(-c2ccccc2)c1)C(F)(F)C(F)(F)F. The van der Waals surface area contributed by atoms with Gasteiger partial charge in [0.2, 0.25) is 0 Å². The molecule has 0 atom stereocenters. The van der Waals surface area contributed by atoms with Crippen molar-refractivity contribution in [2.75, 3.05) is 0 Å². The van der Waals surface area contributed by atoms with E-state index in [1.165, 1.54) is 12.1 Å². The summed E-state index contributed by atoms with van der Waals surface area (Å²) in [7, 11) is 0. The smallest absolute Gasteiger partial charge is 0.422 e. The van der Waals surface area contributed by atoms with E-state index in [2.05, 4.69) is 4.74 Å². The van der Waals surface area contributed by atoms with Gasteiger partial charge in [0.15, 0.2) is 0 Å². The maximum atomic E-state index is 12.8. The van der Waals surface area contributed by atoms with Crippen LogP contribution >= 0.6 is 0 Å². The highest BCUT2D eigenvalue weighted by molar-refractivity contribution is 5.81. The lowest BCUT2D eigenvalue weighted by molar-refractivity contribution is -0.276. The molecule has 2 rings (SSSR count). The number of ether oxygens (including phenoxy) is 1. The Hall–Kier alpha value is -2.44. The molecule has 0 aromatic heterocycles. The maximum Gasteiger partial charge on any atom is 0.465 e. The first kappa shape index (κ1) is 15.9. The Morgan fingerprint density at radius 2 is 1.41 bits per heavy atom. The summed E-state index contributed by atoms with van der Waals surface area (Å²) in [5, 5.41) is 0. The Balaban J connectivity index is 2.23. The summed E-state index contributed by atoms with van der Waals surface area (Å²) in [4.78, 5) is 11.0. The van der Waals surface area contributed by atoms with E-state index in [4.69, 9.17) is 0 Å². The molecule has 2 aromatic carbocycles. The summed E-state index contributed by atoms with van der Waals surface area (Å²) in [5.74, 6) is -8.61. The quantitative estimate of drug-likeness (QED) is 0.475. The standard InChI is InChI=1S/C15H9F5O2/c16-14(17,15(18,19)20)13(21)22-12-8-4-7-11(9-12)10-5-2-1-3-6-10/h1-9H. The van der Waals surface area contributed by atoms with Crippen LogP contribution in [0, 0.1) is 0 Å². The molecule has 0 amide bonds. The molecule has 0 saturated carbocycles. The summed E-state index contributed by atoms with van der Waals surface area (Å²) < 4.78 is 66.1. The molecule has 0 bridgehead atoms. The first-order chi connectivity index (χ1) is 10.2. The maximum absolute atomic E-state index is 12.8. The van der Waals surface area contributed by atoms with Gasteiger partial charge < -0.3 is 4.74 Å². The van der Waals surface area contributed by atoms with Crippen molar-refractivity contribution < 1.29 is 31.5 Å². The van der Waals surface area contributed by atoms with Gasteiger partial charge in [-0.05, 0) is 23.3 Å². The Morgan fingerprint density at radius 3 is 2.00 bits per heavy atom. The molecule has 22 heavy (non-hydrogen) atoms. The van der Waals surface area contributed by atoms with Crippen molar-refractivity contribution in [2.24, 2.45) is 0 Å². The average molecular weight is 316 g/mol. The number of carbonyl (C=O) groups excluding carboxylic acids is 1. The van der Waals surface area contributed by atoms with Gasteiger partial charge in [0.05, 0.1) is 0 Å². The van der Waals surface area contributed by atoms with Crippen LogP contribution in [0.1, 0.15) is 0 Å². The monoisotopic (exact) mass is 316 g/mol. The lowest BCUT2D eigenvalue weighted by atomic mass is 10.1. The average Bonchev–Trinajstić information content (AvgIpc) is 2.47. The first-order valence-corrected chi connectivity index (χ1v) is 6.04. The number of hydrogen-bond acceptors (Lipinski definition) is 2. The lowest BCUT2D eigenvalue weighted by Gasteiger charge is -2.17. The number of halogens is 5. The van der Waals surface area contributed by atoms with Crippen molar-refractivity contribution in [3.8, 4) is 16.9 Å². The van der Waals surface area contributed by atoms with Gasteiger partial charge in [0, 0.05) is 0 Å². The molecule has 0 heterocycles. The predicted molar refractivity (Wildman–Crippen MR) is 68.5 cm³/mol. The van der Waals surface area contributed by atoms with Crippen LogP contribution in [0.2, 0.25) is 0 Å². The largest absolute Gasteiger partial charge is 0.465 e. The van der Waals surface area contributed by atoms with E-state index in [1.807, 2.05) is 0 Å². The van der Waals surface area contributed by atoms with Crippen molar-refractivity contribution >= 4 is 5.97 Å². The van der Waals surface area contributed by atoms with E-state index < -0.39 is 23.8 Å². The van der Waals surface area contributed by atoms with Crippen LogP contribution in [-0.2, 0) is 4.79 Å². The van der Waals surface area contributed by atoms with Gasteiger partial charge in [-0.1, -0.05) is 42.5 Å². The van der Waals surface area contributed by atoms with Gasteiger partial charge in [-0.15, -0.1) is 0 Å². The summed E-state index contributed by atoms with van der Waals surface area (Å²) in [6.45, 7) is 0. The van der Waals surface area contributed by atoms with E-state index in [9.17, 15) is 26.7 Å². The molecular weight excluding hydrogens is 307 g/mol. The highest BCUT2D eigenvalue weighted by Gasteiger charge is 2.65. The number of benzene rings is 2. The van der Waals surface area contributed by atoms with E-state index >= 15 is 0 Å². The van der Waals surface area contributed by atoms with Gasteiger partial charge in [0.1, 0.15) is 5.75 Å². The summed E-state index contributed by atoms with van der Waals surface area (Å²) in [6.07, 6.45) is -6.00. The molecule has 0 spiro atoms. The molecule has 7 heteroatoms. The molecule has 0 saturated heterocycles. The zero-order chi connectivity index (χ0) is 16.4. The van der Waals surface area contributed by atoms with E-state index in [-0.39, 0.29) is 0 Å². The van der Waals surface area contributed by atoms with Crippen LogP contribution in [0.3, 0.4) is 0 Å². The molecule has 0 N–H and O–H groups in total. The second kappa shape index (κ2) is 5.75. The van der Waals surface area contributed by atoms with Crippen LogP contribution in [0.15, 0.2) is 54.6 Å². The van der Waals surface area contributed by atoms with Gasteiger partial charge in [-0.3, -0.25) is 0 Å². The fourth-order valence-electron chi connectivity index (χ4n) is 1.66. The van der Waals surface area contributed by atoms with Crippen molar-refractivity contribution in [2.45, 2.75) is 12.1 Å². The van der Waals surface area contributed by atoms with Crippen molar-refractivity contribution in [1.29, 1.82) is 0 Å². The molecule has 0 fully saturated rings. The van der Waals surface area contributed by atoms with E-state index in [0.29, 0.717) is 11.1 Å². The molecule has 0 aliphatic heterocycles. The van der Waals surface area contributed by atoms with Crippen molar-refractivity contribution in [3.63, 3.8) is 0 Å².